The first-order chi connectivity index (χ1) is 14.1. The minimum absolute atomic E-state index is 0.0171. The van der Waals surface area contributed by atoms with Gasteiger partial charge in [0.1, 0.15) is 11.2 Å². The van der Waals surface area contributed by atoms with Crippen LogP contribution in [0.5, 0.6) is 0 Å². The lowest BCUT2D eigenvalue weighted by atomic mass is 9.86. The van der Waals surface area contributed by atoms with E-state index in [1.807, 2.05) is 30.0 Å². The molecule has 0 bridgehead atoms. The summed E-state index contributed by atoms with van der Waals surface area (Å²) in [6.45, 7) is 2.51. The molecule has 5 heteroatoms. The van der Waals surface area contributed by atoms with Gasteiger partial charge in [-0.2, -0.15) is 0 Å². The molecule has 1 N–H and O–H groups in total. The fourth-order valence-electron chi connectivity index (χ4n) is 5.79. The fraction of sp³-hybridized carbons (Fsp3) is 0.583. The Bertz CT molecular complexity index is 937. The Hall–Kier alpha value is -2.30. The zero-order valence-electron chi connectivity index (χ0n) is 17.3. The predicted octanol–water partition coefficient (Wildman–Crippen LogP) is 4.25. The largest absolute Gasteiger partial charge is 0.351 e. The summed E-state index contributed by atoms with van der Waals surface area (Å²) in [5.74, 6) is 0.0372. The first-order valence-corrected chi connectivity index (χ1v) is 11.3. The molecule has 2 aromatic rings. The van der Waals surface area contributed by atoms with Crippen LogP contribution >= 0.6 is 0 Å². The number of amides is 2. The van der Waals surface area contributed by atoms with Gasteiger partial charge >= 0.3 is 0 Å². The number of rotatable bonds is 3. The van der Waals surface area contributed by atoms with E-state index in [9.17, 15) is 9.59 Å². The van der Waals surface area contributed by atoms with Crippen molar-refractivity contribution in [3.63, 3.8) is 0 Å². The van der Waals surface area contributed by atoms with Crippen molar-refractivity contribution < 1.29 is 9.59 Å². The van der Waals surface area contributed by atoms with Crippen molar-refractivity contribution in [1.29, 1.82) is 0 Å². The Morgan fingerprint density at radius 2 is 1.72 bits per heavy atom. The van der Waals surface area contributed by atoms with Crippen LogP contribution in [0.4, 0.5) is 0 Å². The van der Waals surface area contributed by atoms with Gasteiger partial charge in [0.15, 0.2) is 0 Å². The van der Waals surface area contributed by atoms with E-state index in [1.54, 1.807) is 0 Å². The summed E-state index contributed by atoms with van der Waals surface area (Å²) in [7, 11) is 0. The second kappa shape index (κ2) is 7.19. The molecule has 1 aliphatic heterocycles. The summed E-state index contributed by atoms with van der Waals surface area (Å²) in [6, 6.07) is 10.5. The van der Waals surface area contributed by atoms with E-state index in [0.29, 0.717) is 6.54 Å². The molecule has 2 heterocycles. The number of carbonyl (C=O) groups excluding carboxylic acids is 2. The third-order valence-corrected chi connectivity index (χ3v) is 7.37. The smallest absolute Gasteiger partial charge is 0.271 e. The van der Waals surface area contributed by atoms with Crippen molar-refractivity contribution in [3.8, 4) is 0 Å². The maximum absolute atomic E-state index is 13.8. The highest BCUT2D eigenvalue weighted by molar-refractivity contribution is 6.03. The highest BCUT2D eigenvalue weighted by atomic mass is 16.2. The lowest BCUT2D eigenvalue weighted by Gasteiger charge is -2.49. The van der Waals surface area contributed by atoms with Crippen LogP contribution in [0.2, 0.25) is 0 Å². The standard InChI is InChI=1S/C24H31N3O2/c1-24(23(29)25-18-10-6-7-11-18)16-26-20-14-8-5-9-17(20)15-21(26)22(28)27(24)19-12-3-2-4-13-19/h5,8-9,14-15,18-19H,2-4,6-7,10-13,16H2,1H3,(H,25,29)/t24-/m1/s1. The molecule has 3 aliphatic rings. The lowest BCUT2D eigenvalue weighted by molar-refractivity contribution is -0.135. The SMILES string of the molecule is C[C@]1(C(=O)NC2CCCC2)Cn2c(cc3ccccc32)C(=O)N1C1CCCCC1. The van der Waals surface area contributed by atoms with Gasteiger partial charge in [-0.05, 0) is 44.7 Å². The highest BCUT2D eigenvalue weighted by Crippen LogP contribution is 2.37. The van der Waals surface area contributed by atoms with Crippen molar-refractivity contribution in [1.82, 2.24) is 14.8 Å². The number of fused-ring (bicyclic) bond motifs is 3. The number of nitrogens with one attached hydrogen (secondary N) is 1. The molecule has 2 saturated carbocycles. The quantitative estimate of drug-likeness (QED) is 0.848. The molecule has 2 fully saturated rings. The zero-order valence-corrected chi connectivity index (χ0v) is 17.3. The number of nitrogens with zero attached hydrogens (tertiary/aromatic N) is 2. The molecular weight excluding hydrogens is 362 g/mol. The average Bonchev–Trinajstić information content (AvgIpc) is 3.37. The average molecular weight is 394 g/mol. The molecule has 2 amide bonds. The number of hydrogen-bond donors (Lipinski definition) is 1. The molecule has 1 aromatic carbocycles. The van der Waals surface area contributed by atoms with Crippen LogP contribution in [-0.4, -0.2) is 38.9 Å². The second-order valence-corrected chi connectivity index (χ2v) is 9.37. The van der Waals surface area contributed by atoms with Crippen LogP contribution in [-0.2, 0) is 11.3 Å². The van der Waals surface area contributed by atoms with E-state index in [-0.39, 0.29) is 23.9 Å². The van der Waals surface area contributed by atoms with Crippen molar-refractivity contribution in [2.24, 2.45) is 0 Å². The topological polar surface area (TPSA) is 54.3 Å². The normalized spacial score (nSPS) is 26.1. The van der Waals surface area contributed by atoms with Gasteiger partial charge in [0.2, 0.25) is 5.91 Å². The second-order valence-electron chi connectivity index (χ2n) is 9.37. The first kappa shape index (κ1) is 18.7. The van der Waals surface area contributed by atoms with E-state index in [4.69, 9.17) is 0 Å². The van der Waals surface area contributed by atoms with Gasteiger partial charge in [-0.15, -0.1) is 0 Å². The molecule has 5 nitrogen and oxygen atoms in total. The van der Waals surface area contributed by atoms with E-state index >= 15 is 0 Å². The Morgan fingerprint density at radius 1 is 1.03 bits per heavy atom. The maximum Gasteiger partial charge on any atom is 0.271 e. The van der Waals surface area contributed by atoms with Crippen LogP contribution < -0.4 is 5.32 Å². The highest BCUT2D eigenvalue weighted by Gasteiger charge is 2.50. The molecule has 1 atom stereocenters. The van der Waals surface area contributed by atoms with Crippen LogP contribution in [0.3, 0.4) is 0 Å². The number of para-hydroxylation sites is 1. The monoisotopic (exact) mass is 393 g/mol. The molecule has 5 rings (SSSR count). The Morgan fingerprint density at radius 3 is 2.48 bits per heavy atom. The van der Waals surface area contributed by atoms with E-state index in [2.05, 4.69) is 22.0 Å². The fourth-order valence-corrected chi connectivity index (χ4v) is 5.79. The van der Waals surface area contributed by atoms with Crippen molar-refractivity contribution in [2.45, 2.75) is 88.9 Å². The molecular formula is C24H31N3O2. The molecule has 0 unspecified atom stereocenters. The van der Waals surface area contributed by atoms with Gasteiger partial charge in [0.25, 0.3) is 5.91 Å². The van der Waals surface area contributed by atoms with Crippen molar-refractivity contribution >= 4 is 22.7 Å². The van der Waals surface area contributed by atoms with Gasteiger partial charge in [-0.1, -0.05) is 50.3 Å². The molecule has 0 saturated heterocycles. The predicted molar refractivity (Wildman–Crippen MR) is 114 cm³/mol. The van der Waals surface area contributed by atoms with Crippen molar-refractivity contribution in [2.75, 3.05) is 0 Å². The lowest BCUT2D eigenvalue weighted by Crippen LogP contribution is -2.67. The van der Waals surface area contributed by atoms with Crippen LogP contribution in [0.25, 0.3) is 10.9 Å². The summed E-state index contributed by atoms with van der Waals surface area (Å²) < 4.78 is 2.07. The molecule has 0 spiro atoms. The first-order valence-electron chi connectivity index (χ1n) is 11.3. The van der Waals surface area contributed by atoms with E-state index in [0.717, 1.165) is 55.1 Å². The third kappa shape index (κ3) is 3.06. The summed E-state index contributed by atoms with van der Waals surface area (Å²) >= 11 is 0. The summed E-state index contributed by atoms with van der Waals surface area (Å²) in [4.78, 5) is 29.4. The van der Waals surface area contributed by atoms with Crippen molar-refractivity contribution in [3.05, 3.63) is 36.0 Å². The Labute approximate surface area is 172 Å². The van der Waals surface area contributed by atoms with Crippen LogP contribution in [0.15, 0.2) is 30.3 Å². The van der Waals surface area contributed by atoms with Gasteiger partial charge in [-0.3, -0.25) is 9.59 Å². The molecule has 1 aromatic heterocycles. The number of aromatic nitrogens is 1. The van der Waals surface area contributed by atoms with Gasteiger partial charge in [0.05, 0.1) is 6.54 Å². The number of benzene rings is 1. The number of hydrogen-bond acceptors (Lipinski definition) is 2. The van der Waals surface area contributed by atoms with Gasteiger partial charge < -0.3 is 14.8 Å². The molecule has 2 aliphatic carbocycles. The maximum atomic E-state index is 13.8. The Balaban J connectivity index is 1.57. The number of carbonyl (C=O) groups is 2. The van der Waals surface area contributed by atoms with E-state index in [1.165, 1.54) is 19.3 Å². The molecule has 154 valence electrons. The Kier molecular flexibility index (Phi) is 4.64. The van der Waals surface area contributed by atoms with Crippen LogP contribution in [0, 0.1) is 0 Å². The minimum atomic E-state index is -0.851. The molecule has 29 heavy (non-hydrogen) atoms. The summed E-state index contributed by atoms with van der Waals surface area (Å²) in [6.07, 6.45) is 9.96. The van der Waals surface area contributed by atoms with Gasteiger partial charge in [0, 0.05) is 23.0 Å². The van der Waals surface area contributed by atoms with Gasteiger partial charge in [-0.25, -0.2) is 0 Å². The van der Waals surface area contributed by atoms with Crippen LogP contribution in [0.1, 0.15) is 75.2 Å². The minimum Gasteiger partial charge on any atom is -0.351 e. The zero-order chi connectivity index (χ0) is 20.0. The summed E-state index contributed by atoms with van der Waals surface area (Å²) in [5.41, 5.74) is 0.915. The molecule has 0 radical (unpaired) electrons. The third-order valence-electron chi connectivity index (χ3n) is 7.37. The van der Waals surface area contributed by atoms with E-state index < -0.39 is 5.54 Å². The summed E-state index contributed by atoms with van der Waals surface area (Å²) in [5, 5.41) is 4.37.